The average Bonchev–Trinajstić information content (AvgIpc) is 3.05. The number of nitrogens with zero attached hydrogens (tertiary/aromatic N) is 5. The third kappa shape index (κ3) is 3.37. The summed E-state index contributed by atoms with van der Waals surface area (Å²) >= 11 is 0. The fourth-order valence-corrected chi connectivity index (χ4v) is 4.49. The molecular weight excluding hydrogens is 384 g/mol. The van der Waals surface area contributed by atoms with Crippen molar-refractivity contribution in [2.24, 2.45) is 5.10 Å². The van der Waals surface area contributed by atoms with Gasteiger partial charge in [0, 0.05) is 19.3 Å². The average molecular weight is 412 g/mol. The quantitative estimate of drug-likeness (QED) is 0.789. The Morgan fingerprint density at radius 1 is 1.23 bits per heavy atom. The van der Waals surface area contributed by atoms with Crippen LogP contribution >= 0.6 is 0 Å². The predicted molar refractivity (Wildman–Crippen MR) is 111 cm³/mol. The molecule has 9 heteroatoms. The maximum Gasteiger partial charge on any atom is 0.328 e. The highest BCUT2D eigenvalue weighted by Crippen LogP contribution is 2.31. The van der Waals surface area contributed by atoms with E-state index in [-0.39, 0.29) is 30.8 Å². The van der Waals surface area contributed by atoms with Crippen molar-refractivity contribution < 1.29 is 14.4 Å². The summed E-state index contributed by atoms with van der Waals surface area (Å²) in [6.07, 6.45) is -0.882. The zero-order valence-corrected chi connectivity index (χ0v) is 18.0. The molecule has 0 aromatic heterocycles. The Morgan fingerprint density at radius 2 is 1.97 bits per heavy atom. The van der Waals surface area contributed by atoms with Crippen LogP contribution in [0.2, 0.25) is 0 Å². The van der Waals surface area contributed by atoms with E-state index in [1.165, 1.54) is 11.8 Å². The Labute approximate surface area is 176 Å². The first-order valence-electron chi connectivity index (χ1n) is 10.1. The van der Waals surface area contributed by atoms with E-state index in [1.807, 2.05) is 43.9 Å². The Hall–Kier alpha value is -2.78. The second kappa shape index (κ2) is 7.48. The molecule has 3 unspecified atom stereocenters. The standard InChI is InChI=1S/C21H28N6O3/c1-12-6-7-13(2)16(8-12)11-26-19(29)17-18(24(5)21(26)30)22-20-25(17)9-14(3)23-27(20)10-15(4)28/h6-8,17-18,20,22H,9-11H2,1-5H3. The van der Waals surface area contributed by atoms with Gasteiger partial charge in [0.05, 0.1) is 13.1 Å². The number of likely N-dealkylation sites (N-methyl/N-ethyl adjacent to an activating group) is 1. The number of hydrogen-bond acceptors (Lipinski definition) is 7. The zero-order valence-electron chi connectivity index (χ0n) is 18.0. The molecule has 4 rings (SSSR count). The van der Waals surface area contributed by atoms with Gasteiger partial charge in [-0.05, 0) is 38.8 Å². The van der Waals surface area contributed by atoms with Crippen LogP contribution in [0.3, 0.4) is 0 Å². The molecule has 1 N–H and O–H groups in total. The highest BCUT2D eigenvalue weighted by atomic mass is 16.2. The number of amides is 3. The summed E-state index contributed by atoms with van der Waals surface area (Å²) in [4.78, 5) is 43.2. The van der Waals surface area contributed by atoms with E-state index in [9.17, 15) is 14.4 Å². The van der Waals surface area contributed by atoms with Crippen molar-refractivity contribution in [2.75, 3.05) is 20.1 Å². The van der Waals surface area contributed by atoms with E-state index in [4.69, 9.17) is 0 Å². The summed E-state index contributed by atoms with van der Waals surface area (Å²) in [6.45, 7) is 8.25. The van der Waals surface area contributed by atoms with Gasteiger partial charge in [-0.1, -0.05) is 23.8 Å². The highest BCUT2D eigenvalue weighted by Gasteiger charge is 2.56. The number of imide groups is 1. The number of rotatable bonds is 4. The van der Waals surface area contributed by atoms with Crippen LogP contribution in [0.5, 0.6) is 0 Å². The molecule has 3 atom stereocenters. The fourth-order valence-electron chi connectivity index (χ4n) is 4.49. The molecule has 9 nitrogen and oxygen atoms in total. The molecule has 0 bridgehead atoms. The summed E-state index contributed by atoms with van der Waals surface area (Å²) in [6, 6.07) is 5.18. The normalized spacial score (nSPS) is 26.6. The Bertz CT molecular complexity index is 945. The van der Waals surface area contributed by atoms with Gasteiger partial charge in [0.2, 0.25) is 0 Å². The molecule has 3 amide bonds. The van der Waals surface area contributed by atoms with Crippen molar-refractivity contribution in [3.63, 3.8) is 0 Å². The molecule has 3 heterocycles. The third-order valence-electron chi connectivity index (χ3n) is 5.97. The van der Waals surface area contributed by atoms with Gasteiger partial charge < -0.3 is 4.90 Å². The Morgan fingerprint density at radius 3 is 2.67 bits per heavy atom. The van der Waals surface area contributed by atoms with Crippen LogP contribution in [0.15, 0.2) is 23.3 Å². The molecule has 1 aromatic carbocycles. The number of carbonyl (C=O) groups is 3. The first-order chi connectivity index (χ1) is 14.2. The lowest BCUT2D eigenvalue weighted by molar-refractivity contribution is -0.139. The molecule has 2 fully saturated rings. The summed E-state index contributed by atoms with van der Waals surface area (Å²) in [5, 5.41) is 9.50. The van der Waals surface area contributed by atoms with Crippen molar-refractivity contribution in [3.05, 3.63) is 34.9 Å². The van der Waals surface area contributed by atoms with E-state index < -0.39 is 18.5 Å². The molecule has 3 aliphatic rings. The van der Waals surface area contributed by atoms with Crippen molar-refractivity contribution in [1.82, 2.24) is 25.0 Å². The van der Waals surface area contributed by atoms with Crippen LogP contribution in [0.4, 0.5) is 4.79 Å². The monoisotopic (exact) mass is 412 g/mol. The first kappa shape index (κ1) is 20.5. The molecule has 3 aliphatic heterocycles. The Balaban J connectivity index is 1.65. The van der Waals surface area contributed by atoms with Crippen molar-refractivity contribution in [3.8, 4) is 0 Å². The van der Waals surface area contributed by atoms with Crippen LogP contribution < -0.4 is 5.32 Å². The largest absolute Gasteiger partial charge is 0.328 e. The lowest BCUT2D eigenvalue weighted by Crippen LogP contribution is -2.66. The third-order valence-corrected chi connectivity index (χ3v) is 5.97. The van der Waals surface area contributed by atoms with Gasteiger partial charge in [-0.2, -0.15) is 5.10 Å². The number of ketones is 1. The summed E-state index contributed by atoms with van der Waals surface area (Å²) in [7, 11) is 1.71. The van der Waals surface area contributed by atoms with E-state index in [1.54, 1.807) is 17.0 Å². The molecule has 0 saturated carbocycles. The fraction of sp³-hybridized carbons (Fsp3) is 0.524. The van der Waals surface area contributed by atoms with Gasteiger partial charge in [0.25, 0.3) is 5.91 Å². The molecule has 1 aromatic rings. The topological polar surface area (TPSA) is 88.6 Å². The number of aryl methyl sites for hydroxylation is 2. The summed E-state index contributed by atoms with van der Waals surface area (Å²) in [5.41, 5.74) is 3.91. The van der Waals surface area contributed by atoms with Crippen molar-refractivity contribution >= 4 is 23.4 Å². The second-order valence-electron chi connectivity index (χ2n) is 8.49. The number of fused-ring (bicyclic) bond motifs is 3. The first-order valence-corrected chi connectivity index (χ1v) is 10.1. The molecule has 2 saturated heterocycles. The minimum absolute atomic E-state index is 0.0163. The molecule has 0 aliphatic carbocycles. The van der Waals surface area contributed by atoms with Crippen LogP contribution in [-0.2, 0) is 16.1 Å². The van der Waals surface area contributed by atoms with Gasteiger partial charge in [0.1, 0.15) is 12.2 Å². The van der Waals surface area contributed by atoms with Crippen LogP contribution in [0, 0.1) is 13.8 Å². The number of hydrazone groups is 1. The highest BCUT2D eigenvalue weighted by molar-refractivity contribution is 6.01. The smallest absolute Gasteiger partial charge is 0.310 e. The van der Waals surface area contributed by atoms with Gasteiger partial charge in [0.15, 0.2) is 12.1 Å². The summed E-state index contributed by atoms with van der Waals surface area (Å²) < 4.78 is 0. The molecule has 0 spiro atoms. The van der Waals surface area contributed by atoms with Crippen molar-refractivity contribution in [1.29, 1.82) is 0 Å². The molecular formula is C21H28N6O3. The Kier molecular flexibility index (Phi) is 5.11. The predicted octanol–water partition coefficient (Wildman–Crippen LogP) is 0.861. The van der Waals surface area contributed by atoms with Gasteiger partial charge in [-0.15, -0.1) is 0 Å². The number of nitrogens with one attached hydrogen (secondary N) is 1. The van der Waals surface area contributed by atoms with Gasteiger partial charge in [-0.25, -0.2) is 9.69 Å². The lowest BCUT2D eigenvalue weighted by Gasteiger charge is -2.42. The van der Waals surface area contributed by atoms with Crippen LogP contribution in [0.1, 0.15) is 30.5 Å². The number of hydrogen-bond donors (Lipinski definition) is 1. The minimum atomic E-state index is -0.539. The van der Waals surface area contributed by atoms with E-state index in [2.05, 4.69) is 10.4 Å². The van der Waals surface area contributed by atoms with E-state index in [0.717, 1.165) is 22.4 Å². The maximum atomic E-state index is 13.5. The number of urea groups is 1. The minimum Gasteiger partial charge on any atom is -0.310 e. The number of carbonyl (C=O) groups excluding carboxylic acids is 3. The van der Waals surface area contributed by atoms with Gasteiger partial charge in [-0.3, -0.25) is 24.8 Å². The zero-order chi connectivity index (χ0) is 21.7. The van der Waals surface area contributed by atoms with Gasteiger partial charge >= 0.3 is 6.03 Å². The van der Waals surface area contributed by atoms with E-state index in [0.29, 0.717) is 6.54 Å². The van der Waals surface area contributed by atoms with E-state index >= 15 is 0 Å². The van der Waals surface area contributed by atoms with Crippen molar-refractivity contribution in [2.45, 2.75) is 52.7 Å². The maximum absolute atomic E-state index is 13.5. The molecule has 30 heavy (non-hydrogen) atoms. The second-order valence-corrected chi connectivity index (χ2v) is 8.49. The SMILES string of the molecule is CC(=O)CN1N=C(C)CN2C3C(=O)N(Cc4cc(C)ccc4C)C(=O)N(C)C3NC12. The summed E-state index contributed by atoms with van der Waals surface area (Å²) in [5.74, 6) is -0.242. The molecule has 160 valence electrons. The number of benzene rings is 1. The number of Topliss-reactive ketones (excluding diaryl/α,β-unsaturated/α-hetero) is 1. The lowest BCUT2D eigenvalue weighted by atomic mass is 10.0. The van der Waals surface area contributed by atoms with Crippen LogP contribution in [0.25, 0.3) is 0 Å². The van der Waals surface area contributed by atoms with Crippen LogP contribution in [-0.4, -0.2) is 81.8 Å². The molecule has 0 radical (unpaired) electrons.